The van der Waals surface area contributed by atoms with E-state index in [1.165, 1.54) is 6.33 Å². The van der Waals surface area contributed by atoms with Crippen LogP contribution in [-0.2, 0) is 4.79 Å². The molecule has 14 heavy (non-hydrogen) atoms. The van der Waals surface area contributed by atoms with Crippen LogP contribution in [0.5, 0.6) is 0 Å². The van der Waals surface area contributed by atoms with E-state index in [1.54, 1.807) is 18.3 Å². The first-order valence-electron chi connectivity index (χ1n) is 3.76. The average Bonchev–Trinajstić information content (AvgIpc) is 2.47. The zero-order chi connectivity index (χ0) is 9.97. The minimum atomic E-state index is -0.376. The van der Waals surface area contributed by atoms with Gasteiger partial charge in [-0.15, -0.1) is 0 Å². The molecule has 0 spiro atoms. The molecule has 2 rings (SSSR count). The molecule has 1 N–H and O–H groups in total. The molecule has 0 saturated carbocycles. The lowest BCUT2D eigenvalue weighted by Crippen LogP contribution is -2.17. The average molecular weight is 207 g/mol. The number of hydrogen-bond acceptors (Lipinski definition) is 5. The van der Waals surface area contributed by atoms with Gasteiger partial charge in [0.05, 0.1) is 10.6 Å². The van der Waals surface area contributed by atoms with Crippen LogP contribution >= 0.6 is 11.8 Å². The summed E-state index contributed by atoms with van der Waals surface area (Å²) in [7, 11) is 0. The minimum Gasteiger partial charge on any atom is -0.282 e. The smallest absolute Gasteiger partial charge is 0.282 e. The van der Waals surface area contributed by atoms with E-state index in [1.807, 2.05) is 0 Å². The summed E-state index contributed by atoms with van der Waals surface area (Å²) in [5.41, 5.74) is 0.604. The summed E-state index contributed by atoms with van der Waals surface area (Å²) in [6, 6.07) is 1.66. The van der Waals surface area contributed by atoms with Gasteiger partial charge in [0.1, 0.15) is 6.33 Å². The van der Waals surface area contributed by atoms with E-state index in [4.69, 9.17) is 0 Å². The zero-order valence-corrected chi connectivity index (χ0v) is 7.75. The predicted molar refractivity (Wildman–Crippen MR) is 51.1 cm³/mol. The minimum absolute atomic E-state index is 0.352. The maximum Gasteiger partial charge on any atom is 0.290 e. The molecule has 1 aliphatic rings. The third-order valence-electron chi connectivity index (χ3n) is 1.53. The Kier molecular flexibility index (Phi) is 2.28. The van der Waals surface area contributed by atoms with E-state index in [2.05, 4.69) is 15.3 Å². The number of thioether (sulfide) groups is 1. The van der Waals surface area contributed by atoms with Crippen LogP contribution in [-0.4, -0.2) is 21.1 Å². The van der Waals surface area contributed by atoms with Gasteiger partial charge in [0.2, 0.25) is 0 Å². The van der Waals surface area contributed by atoms with Gasteiger partial charge in [-0.1, -0.05) is 0 Å². The van der Waals surface area contributed by atoms with Crippen molar-refractivity contribution in [2.75, 3.05) is 0 Å². The molecular formula is C8H5N3O2S. The van der Waals surface area contributed by atoms with E-state index in [-0.39, 0.29) is 11.1 Å². The summed E-state index contributed by atoms with van der Waals surface area (Å²) >= 11 is 0.870. The molecular weight excluding hydrogens is 202 g/mol. The van der Waals surface area contributed by atoms with Gasteiger partial charge in [0, 0.05) is 6.20 Å². The highest BCUT2D eigenvalue weighted by atomic mass is 32.2. The summed E-state index contributed by atoms with van der Waals surface area (Å²) in [5, 5.41) is 1.81. The summed E-state index contributed by atoms with van der Waals surface area (Å²) in [6.07, 6.45) is 4.50. The maximum absolute atomic E-state index is 11.1. The Hall–Kier alpha value is -1.69. The topological polar surface area (TPSA) is 72.0 Å². The van der Waals surface area contributed by atoms with E-state index in [0.29, 0.717) is 10.6 Å². The van der Waals surface area contributed by atoms with Crippen molar-refractivity contribution in [2.24, 2.45) is 0 Å². The van der Waals surface area contributed by atoms with Crippen LogP contribution in [0, 0.1) is 0 Å². The Morgan fingerprint density at radius 1 is 1.43 bits per heavy atom. The number of carbonyl (C=O) groups excluding carboxylic acids is 2. The van der Waals surface area contributed by atoms with Gasteiger partial charge in [-0.2, -0.15) is 0 Å². The van der Waals surface area contributed by atoms with Crippen molar-refractivity contribution < 1.29 is 9.59 Å². The van der Waals surface area contributed by atoms with Crippen LogP contribution in [0.1, 0.15) is 5.69 Å². The van der Waals surface area contributed by atoms with Crippen molar-refractivity contribution in [1.29, 1.82) is 0 Å². The fourth-order valence-electron chi connectivity index (χ4n) is 0.942. The monoisotopic (exact) mass is 207 g/mol. The fourth-order valence-corrected chi connectivity index (χ4v) is 1.61. The van der Waals surface area contributed by atoms with E-state index >= 15 is 0 Å². The second-order valence-electron chi connectivity index (χ2n) is 2.49. The first-order valence-corrected chi connectivity index (χ1v) is 4.58. The SMILES string of the molecule is O=C1NC(=O)C(=Cc2ccncn2)S1. The Bertz CT molecular complexity index is 416. The number of hydrogen-bond donors (Lipinski definition) is 1. The summed E-state index contributed by atoms with van der Waals surface area (Å²) < 4.78 is 0. The largest absolute Gasteiger partial charge is 0.290 e. The molecule has 0 unspecified atom stereocenters. The fraction of sp³-hybridized carbons (Fsp3) is 0. The van der Waals surface area contributed by atoms with E-state index in [9.17, 15) is 9.59 Å². The Morgan fingerprint density at radius 3 is 2.86 bits per heavy atom. The number of nitrogens with one attached hydrogen (secondary N) is 1. The van der Waals surface area contributed by atoms with Crippen molar-refractivity contribution in [3.8, 4) is 0 Å². The van der Waals surface area contributed by atoms with Crippen LogP contribution in [0.4, 0.5) is 4.79 Å². The zero-order valence-electron chi connectivity index (χ0n) is 6.93. The number of nitrogens with zero attached hydrogens (tertiary/aromatic N) is 2. The Morgan fingerprint density at radius 2 is 2.29 bits per heavy atom. The van der Waals surface area contributed by atoms with Gasteiger partial charge in [-0.25, -0.2) is 9.97 Å². The number of imide groups is 1. The van der Waals surface area contributed by atoms with E-state index in [0.717, 1.165) is 11.8 Å². The quantitative estimate of drug-likeness (QED) is 0.689. The second-order valence-corrected chi connectivity index (χ2v) is 3.50. The lowest BCUT2D eigenvalue weighted by molar-refractivity contribution is -0.115. The second kappa shape index (κ2) is 3.59. The molecule has 0 bridgehead atoms. The number of amides is 2. The third kappa shape index (κ3) is 1.80. The molecule has 1 aromatic rings. The normalized spacial score (nSPS) is 18.7. The van der Waals surface area contributed by atoms with Crippen LogP contribution < -0.4 is 5.32 Å². The van der Waals surface area contributed by atoms with Crippen LogP contribution in [0.3, 0.4) is 0 Å². The standard InChI is InChI=1S/C8H5N3O2S/c12-7-6(14-8(13)11-7)3-5-1-2-9-4-10-5/h1-4H,(H,11,12,13). The Labute approximate surface area is 83.6 Å². The molecule has 2 amide bonds. The summed E-state index contributed by atoms with van der Waals surface area (Å²) in [6.45, 7) is 0. The molecule has 70 valence electrons. The molecule has 1 aliphatic heterocycles. The van der Waals surface area contributed by atoms with Crippen molar-refractivity contribution in [3.05, 3.63) is 29.2 Å². The molecule has 1 aromatic heterocycles. The Balaban J connectivity index is 2.28. The first-order chi connectivity index (χ1) is 6.75. The molecule has 6 heteroatoms. The van der Waals surface area contributed by atoms with Crippen molar-refractivity contribution in [2.45, 2.75) is 0 Å². The van der Waals surface area contributed by atoms with Gasteiger partial charge in [0.25, 0.3) is 11.1 Å². The van der Waals surface area contributed by atoms with Crippen molar-refractivity contribution >= 4 is 29.0 Å². The highest BCUT2D eigenvalue weighted by molar-refractivity contribution is 8.18. The molecule has 0 radical (unpaired) electrons. The molecule has 1 fully saturated rings. The first kappa shape index (κ1) is 8.89. The third-order valence-corrected chi connectivity index (χ3v) is 2.34. The lowest BCUT2D eigenvalue weighted by atomic mass is 10.3. The molecule has 5 nitrogen and oxygen atoms in total. The van der Waals surface area contributed by atoms with Crippen LogP contribution in [0.25, 0.3) is 6.08 Å². The molecule has 0 atom stereocenters. The molecule has 0 aliphatic carbocycles. The van der Waals surface area contributed by atoms with Crippen molar-refractivity contribution in [3.63, 3.8) is 0 Å². The van der Waals surface area contributed by atoms with Crippen molar-refractivity contribution in [1.82, 2.24) is 15.3 Å². The number of carbonyl (C=O) groups is 2. The lowest BCUT2D eigenvalue weighted by Gasteiger charge is -1.91. The van der Waals surface area contributed by atoms with Crippen LogP contribution in [0.2, 0.25) is 0 Å². The van der Waals surface area contributed by atoms with Gasteiger partial charge < -0.3 is 0 Å². The summed E-state index contributed by atoms with van der Waals surface area (Å²) in [5.74, 6) is -0.376. The summed E-state index contributed by atoms with van der Waals surface area (Å²) in [4.78, 5) is 29.9. The van der Waals surface area contributed by atoms with Gasteiger partial charge in [-0.3, -0.25) is 14.9 Å². The predicted octanol–water partition coefficient (Wildman–Crippen LogP) is 0.800. The molecule has 1 saturated heterocycles. The molecule has 2 heterocycles. The van der Waals surface area contributed by atoms with Crippen LogP contribution in [0.15, 0.2) is 23.5 Å². The highest BCUT2D eigenvalue weighted by Gasteiger charge is 2.24. The number of aromatic nitrogens is 2. The number of rotatable bonds is 1. The van der Waals surface area contributed by atoms with Gasteiger partial charge in [0.15, 0.2) is 0 Å². The van der Waals surface area contributed by atoms with Gasteiger partial charge in [-0.05, 0) is 23.9 Å². The maximum atomic E-state index is 11.1. The highest BCUT2D eigenvalue weighted by Crippen LogP contribution is 2.24. The van der Waals surface area contributed by atoms with E-state index < -0.39 is 0 Å². The molecule has 0 aromatic carbocycles. The van der Waals surface area contributed by atoms with Gasteiger partial charge >= 0.3 is 0 Å².